The number of amides is 1. The van der Waals surface area contributed by atoms with Gasteiger partial charge in [-0.25, -0.2) is 10.1 Å². The fourth-order valence-corrected chi connectivity index (χ4v) is 2.49. The van der Waals surface area contributed by atoms with Gasteiger partial charge < -0.3 is 5.73 Å². The van der Waals surface area contributed by atoms with Crippen molar-refractivity contribution < 1.29 is 9.42 Å². The SMILES string of the molecule is CCCc1c(C(=O)N/N=C(/C)c2ccc(C#N)cc2)nnn1-c1nonc1N. The Morgan fingerprint density at radius 1 is 1.36 bits per heavy atom. The van der Waals surface area contributed by atoms with Crippen LogP contribution < -0.4 is 11.2 Å². The Morgan fingerprint density at radius 2 is 2.11 bits per heavy atom. The van der Waals surface area contributed by atoms with E-state index in [1.165, 1.54) is 4.68 Å². The molecule has 0 radical (unpaired) electrons. The zero-order valence-corrected chi connectivity index (χ0v) is 15.2. The molecular formula is C17H17N9O2. The molecule has 2 aromatic heterocycles. The Labute approximate surface area is 159 Å². The van der Waals surface area contributed by atoms with E-state index in [0.29, 0.717) is 23.4 Å². The van der Waals surface area contributed by atoms with Crippen LogP contribution in [0.2, 0.25) is 0 Å². The Kier molecular flexibility index (Phi) is 5.40. The normalized spacial score (nSPS) is 11.2. The van der Waals surface area contributed by atoms with E-state index < -0.39 is 5.91 Å². The van der Waals surface area contributed by atoms with Crippen molar-refractivity contribution in [2.75, 3.05) is 5.73 Å². The third kappa shape index (κ3) is 3.70. The zero-order valence-electron chi connectivity index (χ0n) is 15.2. The highest BCUT2D eigenvalue weighted by Crippen LogP contribution is 2.17. The minimum atomic E-state index is -0.516. The zero-order chi connectivity index (χ0) is 20.1. The minimum Gasteiger partial charge on any atom is -0.378 e. The first kappa shape index (κ1) is 18.7. The summed E-state index contributed by atoms with van der Waals surface area (Å²) < 4.78 is 5.93. The Morgan fingerprint density at radius 3 is 2.71 bits per heavy atom. The number of hydrazone groups is 1. The number of anilines is 1. The van der Waals surface area contributed by atoms with Gasteiger partial charge >= 0.3 is 0 Å². The molecule has 11 heteroatoms. The maximum atomic E-state index is 12.6. The number of hydrogen-bond acceptors (Lipinski definition) is 9. The number of nitriles is 1. The molecule has 2 heterocycles. The van der Waals surface area contributed by atoms with E-state index in [0.717, 1.165) is 12.0 Å². The highest BCUT2D eigenvalue weighted by molar-refractivity contribution is 6.00. The lowest BCUT2D eigenvalue weighted by atomic mass is 10.1. The summed E-state index contributed by atoms with van der Waals surface area (Å²) in [6.45, 7) is 3.70. The van der Waals surface area contributed by atoms with Crippen molar-refractivity contribution >= 4 is 17.4 Å². The van der Waals surface area contributed by atoms with Crippen LogP contribution in [0, 0.1) is 11.3 Å². The number of carbonyl (C=O) groups excluding carboxylic acids is 1. The summed E-state index contributed by atoms with van der Waals surface area (Å²) in [4.78, 5) is 12.6. The molecule has 3 N–H and O–H groups in total. The first-order valence-electron chi connectivity index (χ1n) is 8.43. The van der Waals surface area contributed by atoms with Gasteiger partial charge in [-0.15, -0.1) is 5.10 Å². The molecule has 3 aromatic rings. The number of hydrogen-bond donors (Lipinski definition) is 2. The van der Waals surface area contributed by atoms with Crippen molar-refractivity contribution in [3.05, 3.63) is 46.8 Å². The fourth-order valence-electron chi connectivity index (χ4n) is 2.49. The van der Waals surface area contributed by atoms with Crippen LogP contribution in [0.4, 0.5) is 5.82 Å². The third-order valence-electron chi connectivity index (χ3n) is 3.92. The lowest BCUT2D eigenvalue weighted by Gasteiger charge is -2.05. The number of aromatic nitrogens is 5. The van der Waals surface area contributed by atoms with Crippen LogP contribution >= 0.6 is 0 Å². The molecule has 0 atom stereocenters. The number of rotatable bonds is 6. The Balaban J connectivity index is 1.83. The second-order valence-corrected chi connectivity index (χ2v) is 5.85. The van der Waals surface area contributed by atoms with Crippen molar-refractivity contribution in [3.63, 3.8) is 0 Å². The molecular weight excluding hydrogens is 362 g/mol. The van der Waals surface area contributed by atoms with Gasteiger partial charge in [0.15, 0.2) is 5.69 Å². The molecule has 0 saturated carbocycles. The predicted molar refractivity (Wildman–Crippen MR) is 98.5 cm³/mol. The molecule has 28 heavy (non-hydrogen) atoms. The van der Waals surface area contributed by atoms with Gasteiger partial charge in [-0.1, -0.05) is 30.7 Å². The van der Waals surface area contributed by atoms with Crippen LogP contribution in [0.3, 0.4) is 0 Å². The Hall–Kier alpha value is -4.07. The second kappa shape index (κ2) is 8.09. The topological polar surface area (TPSA) is 161 Å². The molecule has 0 aliphatic heterocycles. The molecule has 0 fully saturated rings. The molecule has 0 spiro atoms. The van der Waals surface area contributed by atoms with Gasteiger partial charge in [-0.2, -0.15) is 15.0 Å². The monoisotopic (exact) mass is 379 g/mol. The van der Waals surface area contributed by atoms with Gasteiger partial charge in [0.05, 0.1) is 23.0 Å². The lowest BCUT2D eigenvalue weighted by Crippen LogP contribution is -2.21. The van der Waals surface area contributed by atoms with E-state index in [2.05, 4.69) is 35.8 Å². The van der Waals surface area contributed by atoms with E-state index >= 15 is 0 Å². The maximum absolute atomic E-state index is 12.6. The molecule has 1 amide bonds. The number of benzene rings is 1. The summed E-state index contributed by atoms with van der Waals surface area (Å²) in [5.74, 6) is -0.297. The van der Waals surface area contributed by atoms with Crippen LogP contribution in [0.25, 0.3) is 5.82 Å². The molecule has 0 unspecified atom stereocenters. The van der Waals surface area contributed by atoms with E-state index in [1.807, 2.05) is 13.0 Å². The van der Waals surface area contributed by atoms with Gasteiger partial charge in [0.1, 0.15) is 0 Å². The van der Waals surface area contributed by atoms with Gasteiger partial charge in [-0.05, 0) is 41.4 Å². The van der Waals surface area contributed by atoms with Crippen LogP contribution in [-0.2, 0) is 6.42 Å². The average Bonchev–Trinajstić information content (AvgIpc) is 3.32. The maximum Gasteiger partial charge on any atom is 0.293 e. The number of nitrogens with zero attached hydrogens (tertiary/aromatic N) is 7. The van der Waals surface area contributed by atoms with Gasteiger partial charge in [0.2, 0.25) is 11.6 Å². The van der Waals surface area contributed by atoms with Crippen molar-refractivity contribution in [2.45, 2.75) is 26.7 Å². The van der Waals surface area contributed by atoms with Gasteiger partial charge in [-0.3, -0.25) is 4.79 Å². The third-order valence-corrected chi connectivity index (χ3v) is 3.92. The van der Waals surface area contributed by atoms with E-state index in [4.69, 9.17) is 11.0 Å². The summed E-state index contributed by atoms with van der Waals surface area (Å²) in [6, 6.07) is 8.91. The van der Waals surface area contributed by atoms with Crippen molar-refractivity contribution in [1.82, 2.24) is 30.7 Å². The van der Waals surface area contributed by atoms with Crippen LogP contribution in [0.15, 0.2) is 34.0 Å². The van der Waals surface area contributed by atoms with Gasteiger partial charge in [0.25, 0.3) is 5.91 Å². The van der Waals surface area contributed by atoms with E-state index in [1.54, 1.807) is 31.2 Å². The van der Waals surface area contributed by atoms with Crippen molar-refractivity contribution in [1.29, 1.82) is 5.26 Å². The molecule has 11 nitrogen and oxygen atoms in total. The smallest absolute Gasteiger partial charge is 0.293 e. The molecule has 0 saturated heterocycles. The summed E-state index contributed by atoms with van der Waals surface area (Å²) in [5.41, 5.74) is 10.7. The summed E-state index contributed by atoms with van der Waals surface area (Å²) >= 11 is 0. The van der Waals surface area contributed by atoms with Crippen LogP contribution in [0.5, 0.6) is 0 Å². The largest absolute Gasteiger partial charge is 0.378 e. The first-order valence-corrected chi connectivity index (χ1v) is 8.43. The number of carbonyl (C=O) groups is 1. The summed E-state index contributed by atoms with van der Waals surface area (Å²) in [5, 5.41) is 28.1. The van der Waals surface area contributed by atoms with Crippen LogP contribution in [-0.4, -0.2) is 36.9 Å². The Bertz CT molecular complexity index is 1060. The molecule has 142 valence electrons. The number of nitrogen functional groups attached to an aromatic ring is 1. The van der Waals surface area contributed by atoms with Crippen LogP contribution in [0.1, 0.15) is 47.6 Å². The molecule has 0 aliphatic rings. The van der Waals surface area contributed by atoms with E-state index in [-0.39, 0.29) is 17.3 Å². The highest BCUT2D eigenvalue weighted by Gasteiger charge is 2.23. The quantitative estimate of drug-likeness (QED) is 0.477. The van der Waals surface area contributed by atoms with E-state index in [9.17, 15) is 4.79 Å². The average molecular weight is 379 g/mol. The summed E-state index contributed by atoms with van der Waals surface area (Å²) in [6.07, 6.45) is 1.26. The van der Waals surface area contributed by atoms with Crippen molar-refractivity contribution in [3.8, 4) is 11.9 Å². The molecule has 0 bridgehead atoms. The fraction of sp³-hybridized carbons (Fsp3) is 0.235. The molecule has 0 aliphatic carbocycles. The summed E-state index contributed by atoms with van der Waals surface area (Å²) in [7, 11) is 0. The standard InChI is InChI=1S/C17H17N9O2/c1-3-4-13-14(21-25-26(13)16-15(19)23-28-24-16)17(27)22-20-10(2)12-7-5-11(9-18)6-8-12/h5-8H,3-4H2,1-2H3,(H2,19,23)(H,22,27)/b20-10-. The second-order valence-electron chi connectivity index (χ2n) is 5.85. The molecule has 1 aromatic carbocycles. The predicted octanol–water partition coefficient (Wildman–Crippen LogP) is 1.21. The first-order chi connectivity index (χ1) is 13.5. The van der Waals surface area contributed by atoms with Crippen molar-refractivity contribution in [2.24, 2.45) is 5.10 Å². The minimum absolute atomic E-state index is 0.0453. The highest BCUT2D eigenvalue weighted by atomic mass is 16.6. The molecule has 3 rings (SSSR count). The lowest BCUT2D eigenvalue weighted by molar-refractivity contribution is 0.0948. The number of nitrogens with two attached hydrogens (primary N) is 1. The number of nitrogens with one attached hydrogen (secondary N) is 1. The van der Waals surface area contributed by atoms with Gasteiger partial charge in [0, 0.05) is 0 Å².